The number of thiophene rings is 1. The van der Waals surface area contributed by atoms with E-state index < -0.39 is 0 Å². The van der Waals surface area contributed by atoms with E-state index in [9.17, 15) is 4.79 Å². The van der Waals surface area contributed by atoms with Crippen LogP contribution < -0.4 is 11.1 Å². The van der Waals surface area contributed by atoms with Crippen molar-refractivity contribution < 1.29 is 4.79 Å². The van der Waals surface area contributed by atoms with Gasteiger partial charge in [-0.05, 0) is 30.9 Å². The maximum Gasteiger partial charge on any atom is 0.263 e. The standard InChI is InChI=1S/C16H19BrN2OS/c1-9-3-2-4-11(7-9)19-16(20)15-14(18)12-6-5-10(17)8-13(12)21-15/h5-6,8-9,11H,2-4,7,18H2,1H3,(H,19,20). The Balaban J connectivity index is 1.82. The molecule has 1 aromatic heterocycles. The Morgan fingerprint density at radius 3 is 3.00 bits per heavy atom. The van der Waals surface area contributed by atoms with Crippen LogP contribution in [-0.4, -0.2) is 11.9 Å². The molecule has 1 aliphatic rings. The van der Waals surface area contributed by atoms with Crippen LogP contribution in [0.1, 0.15) is 42.3 Å². The van der Waals surface area contributed by atoms with Crippen LogP contribution in [0.3, 0.4) is 0 Å². The van der Waals surface area contributed by atoms with Crippen molar-refractivity contribution in [2.24, 2.45) is 5.92 Å². The number of hydrogen-bond donors (Lipinski definition) is 2. The third-order valence-corrected chi connectivity index (χ3v) is 5.83. The Morgan fingerprint density at radius 2 is 2.24 bits per heavy atom. The highest BCUT2D eigenvalue weighted by Gasteiger charge is 2.23. The van der Waals surface area contributed by atoms with Gasteiger partial charge in [0.1, 0.15) is 4.88 Å². The van der Waals surface area contributed by atoms with E-state index >= 15 is 0 Å². The molecule has 3 rings (SSSR count). The second-order valence-electron chi connectivity index (χ2n) is 5.93. The lowest BCUT2D eigenvalue weighted by molar-refractivity contribution is 0.0926. The number of nitrogens with one attached hydrogen (secondary N) is 1. The third kappa shape index (κ3) is 3.09. The molecule has 1 aliphatic carbocycles. The Bertz CT molecular complexity index is 682. The zero-order valence-corrected chi connectivity index (χ0v) is 14.4. The van der Waals surface area contributed by atoms with E-state index in [4.69, 9.17) is 5.73 Å². The Hall–Kier alpha value is -1.07. The molecule has 2 atom stereocenters. The molecule has 3 N–H and O–H groups in total. The van der Waals surface area contributed by atoms with E-state index in [-0.39, 0.29) is 11.9 Å². The molecule has 0 bridgehead atoms. The summed E-state index contributed by atoms with van der Waals surface area (Å²) in [6.07, 6.45) is 4.61. The number of rotatable bonds is 2. The third-order valence-electron chi connectivity index (χ3n) is 4.17. The van der Waals surface area contributed by atoms with Crippen molar-refractivity contribution in [2.45, 2.75) is 38.6 Å². The molecule has 5 heteroatoms. The highest BCUT2D eigenvalue weighted by atomic mass is 79.9. The molecule has 0 saturated heterocycles. The lowest BCUT2D eigenvalue weighted by Gasteiger charge is -2.27. The van der Waals surface area contributed by atoms with Crippen LogP contribution >= 0.6 is 27.3 Å². The first-order valence-electron chi connectivity index (χ1n) is 7.33. The number of benzene rings is 1. The summed E-state index contributed by atoms with van der Waals surface area (Å²) in [7, 11) is 0. The SMILES string of the molecule is CC1CCCC(NC(=O)c2sc3cc(Br)ccc3c2N)C1. The van der Waals surface area contributed by atoms with Gasteiger partial charge in [-0.1, -0.05) is 41.8 Å². The summed E-state index contributed by atoms with van der Waals surface area (Å²) < 4.78 is 2.05. The van der Waals surface area contributed by atoms with Crippen LogP contribution in [0.5, 0.6) is 0 Å². The van der Waals surface area contributed by atoms with Crippen molar-refractivity contribution in [3.05, 3.63) is 27.5 Å². The van der Waals surface area contributed by atoms with Gasteiger partial charge in [-0.25, -0.2) is 0 Å². The largest absolute Gasteiger partial charge is 0.397 e. The van der Waals surface area contributed by atoms with Crippen LogP contribution in [0.2, 0.25) is 0 Å². The second kappa shape index (κ2) is 5.97. The number of carbonyl (C=O) groups excluding carboxylic acids is 1. The van der Waals surface area contributed by atoms with E-state index in [1.54, 1.807) is 0 Å². The number of nitrogens with two attached hydrogens (primary N) is 1. The molecular weight excluding hydrogens is 348 g/mol. The monoisotopic (exact) mass is 366 g/mol. The summed E-state index contributed by atoms with van der Waals surface area (Å²) in [5.74, 6) is 0.670. The van der Waals surface area contributed by atoms with Gasteiger partial charge in [-0.15, -0.1) is 11.3 Å². The first kappa shape index (κ1) is 14.9. The molecule has 0 radical (unpaired) electrons. The molecular formula is C16H19BrN2OS. The summed E-state index contributed by atoms with van der Waals surface area (Å²) in [5, 5.41) is 4.13. The molecule has 2 unspecified atom stereocenters. The van der Waals surface area contributed by atoms with Gasteiger partial charge >= 0.3 is 0 Å². The van der Waals surface area contributed by atoms with Crippen molar-refractivity contribution in [1.82, 2.24) is 5.32 Å². The topological polar surface area (TPSA) is 55.1 Å². The average molecular weight is 367 g/mol. The highest BCUT2D eigenvalue weighted by Crippen LogP contribution is 2.35. The predicted molar refractivity (Wildman–Crippen MR) is 92.8 cm³/mol. The van der Waals surface area contributed by atoms with Crippen molar-refractivity contribution >= 4 is 48.9 Å². The predicted octanol–water partition coefficient (Wildman–Crippen LogP) is 4.55. The highest BCUT2D eigenvalue weighted by molar-refractivity contribution is 9.10. The minimum absolute atomic E-state index is 0.0241. The Morgan fingerprint density at radius 1 is 1.43 bits per heavy atom. The van der Waals surface area contributed by atoms with Crippen molar-refractivity contribution in [1.29, 1.82) is 0 Å². The Kier molecular flexibility index (Phi) is 4.22. The van der Waals surface area contributed by atoms with E-state index in [0.717, 1.165) is 27.4 Å². The summed E-state index contributed by atoms with van der Waals surface area (Å²) >= 11 is 4.92. The summed E-state index contributed by atoms with van der Waals surface area (Å²) in [6.45, 7) is 2.25. The van der Waals surface area contributed by atoms with E-state index in [0.29, 0.717) is 16.5 Å². The fourth-order valence-corrected chi connectivity index (χ4v) is 4.65. The molecule has 1 saturated carbocycles. The van der Waals surface area contributed by atoms with Gasteiger partial charge < -0.3 is 11.1 Å². The maximum atomic E-state index is 12.5. The number of carbonyl (C=O) groups is 1. The average Bonchev–Trinajstić information content (AvgIpc) is 2.75. The van der Waals surface area contributed by atoms with Gasteiger partial charge in [0.15, 0.2) is 0 Å². The van der Waals surface area contributed by atoms with Gasteiger partial charge in [0.05, 0.1) is 5.69 Å². The van der Waals surface area contributed by atoms with Crippen LogP contribution in [0, 0.1) is 5.92 Å². The normalized spacial score (nSPS) is 22.4. The summed E-state index contributed by atoms with van der Waals surface area (Å²) in [6, 6.07) is 6.22. The second-order valence-corrected chi connectivity index (χ2v) is 7.90. The molecule has 0 aliphatic heterocycles. The van der Waals surface area contributed by atoms with Gasteiger partial charge in [0.25, 0.3) is 5.91 Å². The van der Waals surface area contributed by atoms with Crippen LogP contribution in [-0.2, 0) is 0 Å². The molecule has 3 nitrogen and oxygen atoms in total. The number of nitrogen functional groups attached to an aromatic ring is 1. The zero-order chi connectivity index (χ0) is 15.0. The van der Waals surface area contributed by atoms with E-state index in [2.05, 4.69) is 28.2 Å². The van der Waals surface area contributed by atoms with Gasteiger partial charge in [-0.2, -0.15) is 0 Å². The molecule has 1 aromatic carbocycles. The lowest BCUT2D eigenvalue weighted by Crippen LogP contribution is -2.37. The number of fused-ring (bicyclic) bond motifs is 1. The van der Waals surface area contributed by atoms with Crippen molar-refractivity contribution in [2.75, 3.05) is 5.73 Å². The fraction of sp³-hybridized carbons (Fsp3) is 0.438. The first-order chi connectivity index (χ1) is 10.0. The van der Waals surface area contributed by atoms with Crippen molar-refractivity contribution in [3.63, 3.8) is 0 Å². The summed E-state index contributed by atoms with van der Waals surface area (Å²) in [5.41, 5.74) is 6.76. The van der Waals surface area contributed by atoms with E-state index in [1.807, 2.05) is 18.2 Å². The zero-order valence-electron chi connectivity index (χ0n) is 12.0. The number of halogens is 1. The lowest BCUT2D eigenvalue weighted by atomic mass is 9.87. The minimum Gasteiger partial charge on any atom is -0.397 e. The quantitative estimate of drug-likeness (QED) is 0.818. The van der Waals surface area contributed by atoms with Gasteiger partial charge in [0.2, 0.25) is 0 Å². The van der Waals surface area contributed by atoms with Crippen molar-refractivity contribution in [3.8, 4) is 0 Å². The molecule has 1 amide bonds. The molecule has 112 valence electrons. The molecule has 1 fully saturated rings. The molecule has 1 heterocycles. The van der Waals surface area contributed by atoms with Gasteiger partial charge in [0, 0.05) is 20.6 Å². The fourth-order valence-electron chi connectivity index (χ4n) is 3.08. The van der Waals surface area contributed by atoms with Crippen LogP contribution in [0.15, 0.2) is 22.7 Å². The van der Waals surface area contributed by atoms with Crippen LogP contribution in [0.25, 0.3) is 10.1 Å². The number of amides is 1. The van der Waals surface area contributed by atoms with Gasteiger partial charge in [-0.3, -0.25) is 4.79 Å². The van der Waals surface area contributed by atoms with E-state index in [1.165, 1.54) is 24.2 Å². The maximum absolute atomic E-state index is 12.5. The van der Waals surface area contributed by atoms with Crippen LogP contribution in [0.4, 0.5) is 5.69 Å². The number of anilines is 1. The molecule has 21 heavy (non-hydrogen) atoms. The smallest absolute Gasteiger partial charge is 0.263 e. The molecule has 2 aromatic rings. The summed E-state index contributed by atoms with van der Waals surface area (Å²) in [4.78, 5) is 13.1. The Labute approximate surface area is 137 Å². The molecule has 0 spiro atoms. The number of hydrogen-bond acceptors (Lipinski definition) is 3. The first-order valence-corrected chi connectivity index (χ1v) is 8.94. The minimum atomic E-state index is -0.0241.